The molecule has 0 heterocycles. The van der Waals surface area contributed by atoms with Crippen molar-refractivity contribution < 1.29 is 34.2 Å². The zero-order valence-electron chi connectivity index (χ0n) is 21.3. The van der Waals surface area contributed by atoms with E-state index in [0.29, 0.717) is 12.8 Å². The number of quaternary nitrogens is 1. The molecule has 2 N–H and O–H groups in total. The summed E-state index contributed by atoms with van der Waals surface area (Å²) in [6.45, 7) is 6.47. The molecule has 7 heteroatoms. The number of hydrogen-bond acceptors (Lipinski definition) is 4. The number of rotatable bonds is 21. The third-order valence-corrected chi connectivity index (χ3v) is 7.03. The van der Waals surface area contributed by atoms with E-state index in [0.717, 1.165) is 12.8 Å². The molecule has 0 spiro atoms. The molecule has 0 bridgehead atoms. The monoisotopic (exact) mass is 469 g/mol. The summed E-state index contributed by atoms with van der Waals surface area (Å²) in [5, 5.41) is 30.8. The fourth-order valence-corrected chi connectivity index (χ4v) is 4.66. The summed E-state index contributed by atoms with van der Waals surface area (Å²) in [5.41, 5.74) is 0. The van der Waals surface area contributed by atoms with Gasteiger partial charge in [-0.05, 0) is 40.0 Å². The summed E-state index contributed by atoms with van der Waals surface area (Å²) < 4.78 is -0.570. The molecule has 3 atom stereocenters. The maximum absolute atomic E-state index is 11.7. The predicted molar refractivity (Wildman–Crippen MR) is 129 cm³/mol. The van der Waals surface area contributed by atoms with Crippen LogP contribution < -0.4 is 5.11 Å². The van der Waals surface area contributed by atoms with Crippen molar-refractivity contribution in [3.63, 3.8) is 0 Å². The van der Waals surface area contributed by atoms with Gasteiger partial charge in [-0.3, -0.25) is 4.48 Å². The lowest BCUT2D eigenvalue weighted by Crippen LogP contribution is -2.71. The molecular formula is C26H47NO6. The Morgan fingerprint density at radius 3 is 1.48 bits per heavy atom. The number of unbranched alkanes of at least 4 members (excludes halogenated alkanes) is 11. The second-order valence-corrected chi connectivity index (χ2v) is 9.33. The highest BCUT2D eigenvalue weighted by molar-refractivity contribution is 5.76. The summed E-state index contributed by atoms with van der Waals surface area (Å²) >= 11 is 0. The van der Waals surface area contributed by atoms with Crippen LogP contribution in [0.5, 0.6) is 0 Å². The van der Waals surface area contributed by atoms with Crippen molar-refractivity contribution in [2.45, 2.75) is 129 Å². The highest BCUT2D eigenvalue weighted by Gasteiger charge is 2.50. The minimum absolute atomic E-state index is 0.138. The maximum atomic E-state index is 11.7. The lowest BCUT2D eigenvalue weighted by Gasteiger charge is -2.49. The van der Waals surface area contributed by atoms with Crippen molar-refractivity contribution in [3.05, 3.63) is 12.2 Å². The van der Waals surface area contributed by atoms with E-state index in [-0.39, 0.29) is 6.54 Å². The summed E-state index contributed by atoms with van der Waals surface area (Å²) in [4.78, 5) is 35.1. The normalized spacial score (nSPS) is 16.2. The van der Waals surface area contributed by atoms with E-state index in [4.69, 9.17) is 0 Å². The molecule has 0 saturated heterocycles. The van der Waals surface area contributed by atoms with E-state index >= 15 is 0 Å². The molecule has 0 aliphatic heterocycles. The molecule has 0 amide bonds. The first-order valence-corrected chi connectivity index (χ1v) is 12.8. The second-order valence-electron chi connectivity index (χ2n) is 9.33. The summed E-state index contributed by atoms with van der Waals surface area (Å²) in [5.74, 6) is -3.87. The SMILES string of the molecule is CCCCCCCCCCCC/C=C/CCC[N+](C(C)C(=O)[O-])(C(C)C(=O)O)C(C)C(=O)O. The molecule has 0 rings (SSSR count). The van der Waals surface area contributed by atoms with E-state index < -0.39 is 40.5 Å². The third kappa shape index (κ3) is 11.2. The Morgan fingerprint density at radius 1 is 0.697 bits per heavy atom. The Labute approximate surface area is 200 Å². The molecule has 0 aliphatic carbocycles. The van der Waals surface area contributed by atoms with Gasteiger partial charge in [0.15, 0.2) is 12.1 Å². The van der Waals surface area contributed by atoms with E-state index in [9.17, 15) is 29.7 Å². The highest BCUT2D eigenvalue weighted by Crippen LogP contribution is 2.27. The van der Waals surface area contributed by atoms with Crippen LogP contribution in [0.25, 0.3) is 0 Å². The van der Waals surface area contributed by atoms with Crippen LogP contribution in [0.3, 0.4) is 0 Å². The first-order valence-electron chi connectivity index (χ1n) is 12.8. The van der Waals surface area contributed by atoms with Crippen LogP contribution in [0.4, 0.5) is 0 Å². The number of carbonyl (C=O) groups is 3. The Morgan fingerprint density at radius 2 is 1.09 bits per heavy atom. The van der Waals surface area contributed by atoms with Crippen LogP contribution in [-0.4, -0.2) is 57.3 Å². The van der Waals surface area contributed by atoms with Gasteiger partial charge >= 0.3 is 11.9 Å². The number of nitrogens with zero attached hydrogens (tertiary/aromatic N) is 1. The maximum Gasteiger partial charge on any atom is 0.362 e. The topological polar surface area (TPSA) is 115 Å². The fraction of sp³-hybridized carbons (Fsp3) is 0.808. The number of aliphatic carboxylic acids is 3. The van der Waals surface area contributed by atoms with E-state index in [2.05, 4.69) is 13.0 Å². The van der Waals surface area contributed by atoms with Crippen molar-refractivity contribution in [1.82, 2.24) is 0 Å². The largest absolute Gasteiger partial charge is 0.544 e. The summed E-state index contributed by atoms with van der Waals surface area (Å²) in [6, 6.07) is -3.61. The van der Waals surface area contributed by atoms with Crippen molar-refractivity contribution in [2.75, 3.05) is 6.54 Å². The second kappa shape index (κ2) is 17.6. The standard InChI is InChI=1S/C26H47NO6/c1-5-6-7-8-9-10-11-12-13-14-15-16-17-18-19-20-27(21(2)24(28)29,22(3)25(30)31)23(4)26(32)33/h16-17,21-23H,5-15,18-20H2,1-4H3,(H2-,28,29,30,31,32,33)/b17-16+. The molecule has 0 saturated carbocycles. The number of carboxylic acids is 3. The van der Waals surface area contributed by atoms with Gasteiger partial charge in [-0.1, -0.05) is 76.9 Å². The van der Waals surface area contributed by atoms with Crippen molar-refractivity contribution in [1.29, 1.82) is 0 Å². The first-order chi connectivity index (χ1) is 15.6. The minimum Gasteiger partial charge on any atom is -0.544 e. The van der Waals surface area contributed by atoms with Gasteiger partial charge < -0.3 is 20.1 Å². The van der Waals surface area contributed by atoms with Crippen LogP contribution in [0.15, 0.2) is 12.2 Å². The molecule has 33 heavy (non-hydrogen) atoms. The van der Waals surface area contributed by atoms with E-state index in [1.807, 2.05) is 6.08 Å². The van der Waals surface area contributed by atoms with Gasteiger partial charge in [0.25, 0.3) is 0 Å². The number of hydrogen-bond donors (Lipinski definition) is 2. The fourth-order valence-electron chi connectivity index (χ4n) is 4.66. The van der Waals surface area contributed by atoms with Crippen molar-refractivity contribution in [2.24, 2.45) is 0 Å². The molecule has 0 aromatic carbocycles. The average molecular weight is 470 g/mol. The van der Waals surface area contributed by atoms with Gasteiger partial charge in [0.2, 0.25) is 0 Å². The predicted octanol–water partition coefficient (Wildman–Crippen LogP) is 4.54. The third-order valence-electron chi connectivity index (χ3n) is 7.03. The Kier molecular flexibility index (Phi) is 16.6. The Bertz CT molecular complexity index is 553. The van der Waals surface area contributed by atoms with Crippen LogP contribution >= 0.6 is 0 Å². The molecule has 0 aromatic rings. The quantitative estimate of drug-likeness (QED) is 0.145. The minimum atomic E-state index is -1.44. The van der Waals surface area contributed by atoms with Gasteiger partial charge in [0.05, 0.1) is 12.5 Å². The average Bonchev–Trinajstić information content (AvgIpc) is 2.77. The molecule has 0 aliphatic rings. The van der Waals surface area contributed by atoms with Gasteiger partial charge in [0.1, 0.15) is 6.04 Å². The number of carbonyl (C=O) groups excluding carboxylic acids is 1. The zero-order valence-corrected chi connectivity index (χ0v) is 21.3. The summed E-state index contributed by atoms with van der Waals surface area (Å²) in [6.07, 6.45) is 19.2. The smallest absolute Gasteiger partial charge is 0.362 e. The zero-order chi connectivity index (χ0) is 25.3. The first kappa shape index (κ1) is 31.1. The lowest BCUT2D eigenvalue weighted by atomic mass is 10.0. The van der Waals surface area contributed by atoms with Crippen molar-refractivity contribution in [3.8, 4) is 0 Å². The van der Waals surface area contributed by atoms with Crippen LogP contribution in [0.1, 0.15) is 111 Å². The van der Waals surface area contributed by atoms with Crippen LogP contribution in [0.2, 0.25) is 0 Å². The van der Waals surface area contributed by atoms with Crippen molar-refractivity contribution >= 4 is 17.9 Å². The number of allylic oxidation sites excluding steroid dienone is 2. The molecule has 0 aromatic heterocycles. The summed E-state index contributed by atoms with van der Waals surface area (Å²) in [7, 11) is 0. The molecule has 0 fully saturated rings. The lowest BCUT2D eigenvalue weighted by molar-refractivity contribution is -0.969. The van der Waals surface area contributed by atoms with E-state index in [1.54, 1.807) is 0 Å². The molecule has 0 radical (unpaired) electrons. The van der Waals surface area contributed by atoms with Crippen LogP contribution in [0, 0.1) is 0 Å². The van der Waals surface area contributed by atoms with Gasteiger partial charge in [-0.15, -0.1) is 0 Å². The Balaban J connectivity index is 4.51. The van der Waals surface area contributed by atoms with Crippen LogP contribution in [-0.2, 0) is 14.4 Å². The number of carboxylic acid groups (broad SMARTS) is 3. The molecule has 7 nitrogen and oxygen atoms in total. The molecule has 192 valence electrons. The van der Waals surface area contributed by atoms with E-state index in [1.165, 1.54) is 78.6 Å². The van der Waals surface area contributed by atoms with Gasteiger partial charge in [-0.2, -0.15) is 0 Å². The molecule has 3 unspecified atom stereocenters. The highest BCUT2D eigenvalue weighted by atomic mass is 16.4. The van der Waals surface area contributed by atoms with Gasteiger partial charge in [0, 0.05) is 6.42 Å². The Hall–Kier alpha value is -1.89. The van der Waals surface area contributed by atoms with Gasteiger partial charge in [-0.25, -0.2) is 9.59 Å². The molecular weight excluding hydrogens is 422 g/mol.